The Balaban J connectivity index is 1.93. The summed E-state index contributed by atoms with van der Waals surface area (Å²) in [6.07, 6.45) is 4.86. The fraction of sp³-hybridized carbons (Fsp3) is 0.400. The molecular formula is C20H22N4S. The van der Waals surface area contributed by atoms with E-state index < -0.39 is 5.41 Å². The highest BCUT2D eigenvalue weighted by molar-refractivity contribution is 8.02. The molecule has 2 aliphatic rings. The van der Waals surface area contributed by atoms with E-state index in [0.29, 0.717) is 17.0 Å². The minimum atomic E-state index is -0.493. The topological polar surface area (TPSA) is 85.6 Å². The SMILES string of the molecule is Cc1ccc(CSC2=C(C#N)C3(CCCCC3)C(C#N)=C(N)N2)cc1. The van der Waals surface area contributed by atoms with Gasteiger partial charge in [0.05, 0.1) is 28.3 Å². The van der Waals surface area contributed by atoms with Crippen LogP contribution in [0.15, 0.2) is 46.3 Å². The summed E-state index contributed by atoms with van der Waals surface area (Å²) in [6, 6.07) is 13.1. The molecule has 25 heavy (non-hydrogen) atoms. The number of benzene rings is 1. The molecule has 1 aliphatic heterocycles. The summed E-state index contributed by atoms with van der Waals surface area (Å²) in [5, 5.41) is 23.5. The van der Waals surface area contributed by atoms with E-state index in [9.17, 15) is 10.5 Å². The molecule has 1 aromatic rings. The smallest absolute Gasteiger partial charge is 0.116 e. The van der Waals surface area contributed by atoms with Crippen molar-refractivity contribution in [1.82, 2.24) is 5.32 Å². The summed E-state index contributed by atoms with van der Waals surface area (Å²) < 4.78 is 0. The van der Waals surface area contributed by atoms with E-state index in [2.05, 4.69) is 48.6 Å². The number of nitrogens with zero attached hydrogens (tertiary/aromatic N) is 2. The molecule has 0 atom stereocenters. The van der Waals surface area contributed by atoms with Crippen LogP contribution in [0, 0.1) is 35.0 Å². The summed E-state index contributed by atoms with van der Waals surface area (Å²) in [4.78, 5) is 0. The van der Waals surface area contributed by atoms with Gasteiger partial charge in [-0.3, -0.25) is 0 Å². The third kappa shape index (κ3) is 3.25. The van der Waals surface area contributed by atoms with Crippen LogP contribution in [0.2, 0.25) is 0 Å². The molecule has 3 N–H and O–H groups in total. The molecule has 5 heteroatoms. The lowest BCUT2D eigenvalue weighted by Crippen LogP contribution is -2.39. The zero-order valence-electron chi connectivity index (χ0n) is 14.4. The average molecular weight is 350 g/mol. The molecule has 1 fully saturated rings. The van der Waals surface area contributed by atoms with Crippen LogP contribution in [0.1, 0.15) is 43.2 Å². The molecule has 0 unspecified atom stereocenters. The Labute approximate surface area is 153 Å². The highest BCUT2D eigenvalue weighted by Gasteiger charge is 2.45. The van der Waals surface area contributed by atoms with Gasteiger partial charge in [-0.05, 0) is 25.3 Å². The van der Waals surface area contributed by atoms with Gasteiger partial charge >= 0.3 is 0 Å². The largest absolute Gasteiger partial charge is 0.384 e. The third-order valence-electron chi connectivity index (χ3n) is 5.14. The summed E-state index contributed by atoms with van der Waals surface area (Å²) in [5.41, 5.74) is 9.35. The fourth-order valence-electron chi connectivity index (χ4n) is 3.78. The van der Waals surface area contributed by atoms with Crippen LogP contribution in [0.3, 0.4) is 0 Å². The van der Waals surface area contributed by atoms with Gasteiger partial charge in [-0.25, -0.2) is 0 Å². The lowest BCUT2D eigenvalue weighted by atomic mass is 9.64. The van der Waals surface area contributed by atoms with Crippen LogP contribution in [0.4, 0.5) is 0 Å². The summed E-state index contributed by atoms with van der Waals surface area (Å²) in [5.74, 6) is 1.17. The number of rotatable bonds is 3. The Morgan fingerprint density at radius 1 is 1.08 bits per heavy atom. The van der Waals surface area contributed by atoms with Gasteiger partial charge in [-0.2, -0.15) is 10.5 Å². The van der Waals surface area contributed by atoms with Crippen LogP contribution < -0.4 is 11.1 Å². The number of nitriles is 2. The number of hydrogen-bond donors (Lipinski definition) is 2. The van der Waals surface area contributed by atoms with Crippen LogP contribution in [0.5, 0.6) is 0 Å². The molecule has 1 heterocycles. The molecule has 1 aliphatic carbocycles. The van der Waals surface area contributed by atoms with Crippen LogP contribution >= 0.6 is 11.8 Å². The van der Waals surface area contributed by atoms with E-state index in [1.54, 1.807) is 11.8 Å². The van der Waals surface area contributed by atoms with Crippen molar-refractivity contribution in [3.63, 3.8) is 0 Å². The van der Waals surface area contributed by atoms with Crippen LogP contribution in [-0.2, 0) is 5.75 Å². The van der Waals surface area contributed by atoms with E-state index in [1.807, 2.05) is 0 Å². The molecule has 0 bridgehead atoms. The minimum absolute atomic E-state index is 0.412. The molecule has 0 saturated heterocycles. The second-order valence-corrected chi connectivity index (χ2v) is 7.74. The van der Waals surface area contributed by atoms with Crippen molar-refractivity contribution in [2.24, 2.45) is 11.1 Å². The molecule has 0 radical (unpaired) electrons. The number of hydrogen-bond acceptors (Lipinski definition) is 5. The number of allylic oxidation sites excluding steroid dienone is 2. The maximum absolute atomic E-state index is 9.88. The Kier molecular flexibility index (Phi) is 5.06. The number of aryl methyl sites for hydroxylation is 1. The Morgan fingerprint density at radius 3 is 2.32 bits per heavy atom. The lowest BCUT2D eigenvalue weighted by Gasteiger charge is -2.40. The highest BCUT2D eigenvalue weighted by atomic mass is 32.2. The van der Waals surface area contributed by atoms with Gasteiger partial charge in [0.25, 0.3) is 0 Å². The van der Waals surface area contributed by atoms with Gasteiger partial charge in [0, 0.05) is 11.2 Å². The highest BCUT2D eigenvalue weighted by Crippen LogP contribution is 2.52. The standard InChI is InChI=1S/C20H22N4S/c1-14-5-7-15(8-6-14)13-25-19-17(12-22)20(9-3-2-4-10-20)16(11-21)18(23)24-19/h5-8,24H,2-4,9-10,13,23H2,1H3. The van der Waals surface area contributed by atoms with Crippen molar-refractivity contribution in [3.8, 4) is 12.1 Å². The molecule has 1 aromatic carbocycles. The quantitative estimate of drug-likeness (QED) is 0.853. The van der Waals surface area contributed by atoms with Gasteiger partial charge < -0.3 is 11.1 Å². The second kappa shape index (κ2) is 7.25. The molecular weight excluding hydrogens is 328 g/mol. The lowest BCUT2D eigenvalue weighted by molar-refractivity contribution is 0.294. The van der Waals surface area contributed by atoms with E-state index in [1.165, 1.54) is 11.1 Å². The van der Waals surface area contributed by atoms with Gasteiger partial charge in [0.1, 0.15) is 5.82 Å². The molecule has 1 spiro atoms. The zero-order valence-corrected chi connectivity index (χ0v) is 15.2. The van der Waals surface area contributed by atoms with Crippen molar-refractivity contribution in [2.75, 3.05) is 0 Å². The number of nitrogens with one attached hydrogen (secondary N) is 1. The van der Waals surface area contributed by atoms with Gasteiger partial charge in [0.2, 0.25) is 0 Å². The molecule has 128 valence electrons. The Morgan fingerprint density at radius 2 is 1.72 bits per heavy atom. The first kappa shape index (κ1) is 17.5. The summed E-state index contributed by atoms with van der Waals surface area (Å²) in [6.45, 7) is 2.07. The molecule has 0 amide bonds. The second-order valence-electron chi connectivity index (χ2n) is 6.76. The molecule has 0 aromatic heterocycles. The number of thioether (sulfide) groups is 1. The monoisotopic (exact) mass is 350 g/mol. The van der Waals surface area contributed by atoms with Crippen LogP contribution in [0.25, 0.3) is 0 Å². The first-order valence-corrected chi connectivity index (χ1v) is 9.60. The predicted octanol–water partition coefficient (Wildman–Crippen LogP) is 4.21. The number of nitrogens with two attached hydrogens (primary N) is 1. The third-order valence-corrected chi connectivity index (χ3v) is 6.21. The van der Waals surface area contributed by atoms with Crippen molar-refractivity contribution in [3.05, 3.63) is 57.4 Å². The van der Waals surface area contributed by atoms with Gasteiger partial charge in [-0.15, -0.1) is 11.8 Å². The number of dihydropyridines is 1. The Bertz CT molecular complexity index is 800. The summed E-state index contributed by atoms with van der Waals surface area (Å²) in [7, 11) is 0. The maximum atomic E-state index is 9.88. The first-order valence-electron chi connectivity index (χ1n) is 8.61. The van der Waals surface area contributed by atoms with E-state index >= 15 is 0 Å². The van der Waals surface area contributed by atoms with Crippen LogP contribution in [-0.4, -0.2) is 0 Å². The molecule has 4 nitrogen and oxygen atoms in total. The van der Waals surface area contributed by atoms with Crippen molar-refractivity contribution in [1.29, 1.82) is 10.5 Å². The minimum Gasteiger partial charge on any atom is -0.384 e. The maximum Gasteiger partial charge on any atom is 0.116 e. The Hall–Kier alpha value is -2.37. The average Bonchev–Trinajstić information content (AvgIpc) is 2.62. The zero-order chi connectivity index (χ0) is 17.9. The van der Waals surface area contributed by atoms with Gasteiger partial charge in [-0.1, -0.05) is 49.1 Å². The van der Waals surface area contributed by atoms with E-state index in [4.69, 9.17) is 5.73 Å². The summed E-state index contributed by atoms with van der Waals surface area (Å²) >= 11 is 1.60. The van der Waals surface area contributed by atoms with Crippen molar-refractivity contribution in [2.45, 2.75) is 44.8 Å². The van der Waals surface area contributed by atoms with Gasteiger partial charge in [0.15, 0.2) is 0 Å². The van der Waals surface area contributed by atoms with Crippen molar-refractivity contribution < 1.29 is 0 Å². The normalized spacial score (nSPS) is 19.3. The first-order chi connectivity index (χ1) is 12.1. The van der Waals surface area contributed by atoms with E-state index in [-0.39, 0.29) is 0 Å². The fourth-order valence-corrected chi connectivity index (χ4v) is 4.85. The molecule has 3 rings (SSSR count). The van der Waals surface area contributed by atoms with Crippen molar-refractivity contribution >= 4 is 11.8 Å². The van der Waals surface area contributed by atoms with E-state index in [0.717, 1.165) is 42.9 Å². The predicted molar refractivity (Wildman–Crippen MR) is 101 cm³/mol. The molecule has 1 saturated carbocycles.